The van der Waals surface area contributed by atoms with Crippen LogP contribution in [-0.4, -0.2) is 28.3 Å². The highest BCUT2D eigenvalue weighted by Crippen LogP contribution is 2.25. The maximum absolute atomic E-state index is 12.6. The molecule has 0 spiro atoms. The van der Waals surface area contributed by atoms with E-state index in [9.17, 15) is 4.79 Å². The number of nitrogens with zero attached hydrogens (tertiary/aromatic N) is 2. The van der Waals surface area contributed by atoms with E-state index in [1.165, 1.54) is 0 Å². The third-order valence-electron chi connectivity index (χ3n) is 2.76. The van der Waals surface area contributed by atoms with Crippen LogP contribution in [0.3, 0.4) is 0 Å². The molecule has 18 heavy (non-hydrogen) atoms. The number of Topliss-reactive ketones (excluding diaryl/α,β-unsaturated/α-hetero) is 1. The van der Waals surface area contributed by atoms with E-state index in [4.69, 9.17) is 4.74 Å². The summed E-state index contributed by atoms with van der Waals surface area (Å²) in [7, 11) is 0. The summed E-state index contributed by atoms with van der Waals surface area (Å²) in [4.78, 5) is 12.6. The molecule has 1 aromatic rings. The van der Waals surface area contributed by atoms with Crippen molar-refractivity contribution in [1.82, 2.24) is 9.78 Å². The summed E-state index contributed by atoms with van der Waals surface area (Å²) >= 11 is 0. The van der Waals surface area contributed by atoms with Gasteiger partial charge in [0.1, 0.15) is 11.8 Å². The molecular weight excluding hydrogens is 228 g/mol. The van der Waals surface area contributed by atoms with Crippen molar-refractivity contribution in [3.8, 4) is 0 Å². The number of aromatic nitrogens is 2. The second kappa shape index (κ2) is 6.14. The average molecular weight is 252 g/mol. The van der Waals surface area contributed by atoms with Crippen LogP contribution < -0.4 is 0 Å². The average Bonchev–Trinajstić information content (AvgIpc) is 2.72. The molecule has 1 rings (SSSR count). The van der Waals surface area contributed by atoms with E-state index < -0.39 is 6.10 Å². The van der Waals surface area contributed by atoms with Gasteiger partial charge in [0.05, 0.1) is 0 Å². The van der Waals surface area contributed by atoms with Gasteiger partial charge in [0.15, 0.2) is 0 Å². The van der Waals surface area contributed by atoms with Crippen LogP contribution in [0, 0.1) is 5.41 Å². The summed E-state index contributed by atoms with van der Waals surface area (Å²) in [5.74, 6) is 0.0234. The number of aryl methyl sites for hydroxylation is 1. The molecule has 1 aromatic heterocycles. The van der Waals surface area contributed by atoms with Crippen LogP contribution in [0.15, 0.2) is 12.3 Å². The van der Waals surface area contributed by atoms with Crippen molar-refractivity contribution in [3.63, 3.8) is 0 Å². The Morgan fingerprint density at radius 2 is 2.11 bits per heavy atom. The Balaban J connectivity index is 2.98. The smallest absolute Gasteiger partial charge is 0.210 e. The molecule has 0 aliphatic carbocycles. The lowest BCUT2D eigenvalue weighted by molar-refractivity contribution is -0.000937. The zero-order valence-electron chi connectivity index (χ0n) is 12.1. The summed E-state index contributed by atoms with van der Waals surface area (Å²) in [6.45, 7) is 11.3. The van der Waals surface area contributed by atoms with E-state index in [2.05, 4.69) is 12.0 Å². The molecule has 1 heterocycles. The van der Waals surface area contributed by atoms with Crippen molar-refractivity contribution >= 4 is 5.78 Å². The number of hydrogen-bond acceptors (Lipinski definition) is 3. The lowest BCUT2D eigenvalue weighted by Crippen LogP contribution is -2.38. The quantitative estimate of drug-likeness (QED) is 0.731. The summed E-state index contributed by atoms with van der Waals surface area (Å²) in [5, 5.41) is 4.19. The predicted octanol–water partition coefficient (Wildman–Crippen LogP) is 2.93. The highest BCUT2D eigenvalue weighted by Gasteiger charge is 2.34. The molecule has 0 radical (unpaired) electrons. The van der Waals surface area contributed by atoms with Crippen molar-refractivity contribution in [2.24, 2.45) is 5.41 Å². The number of carbonyl (C=O) groups is 1. The van der Waals surface area contributed by atoms with E-state index in [0.717, 1.165) is 13.0 Å². The van der Waals surface area contributed by atoms with E-state index in [1.54, 1.807) is 16.9 Å². The number of rotatable bonds is 6. The van der Waals surface area contributed by atoms with Crippen molar-refractivity contribution in [2.75, 3.05) is 6.61 Å². The van der Waals surface area contributed by atoms with Gasteiger partial charge in [0.25, 0.3) is 0 Å². The van der Waals surface area contributed by atoms with Crippen LogP contribution >= 0.6 is 0 Å². The number of ketones is 1. The molecule has 0 aliphatic rings. The molecule has 0 saturated heterocycles. The molecule has 0 amide bonds. The third kappa shape index (κ3) is 3.42. The number of carbonyl (C=O) groups excluding carboxylic acids is 1. The first-order chi connectivity index (χ1) is 8.41. The molecule has 4 nitrogen and oxygen atoms in total. The lowest BCUT2D eigenvalue weighted by Gasteiger charge is -2.29. The summed E-state index contributed by atoms with van der Waals surface area (Å²) in [6.07, 6.45) is 2.21. The minimum Gasteiger partial charge on any atom is -0.370 e. The second-order valence-corrected chi connectivity index (χ2v) is 5.51. The van der Waals surface area contributed by atoms with Gasteiger partial charge in [-0.1, -0.05) is 27.7 Å². The lowest BCUT2D eigenvalue weighted by atomic mass is 9.85. The first-order valence-electron chi connectivity index (χ1n) is 6.59. The van der Waals surface area contributed by atoms with Gasteiger partial charge in [-0.15, -0.1) is 0 Å². The maximum atomic E-state index is 12.6. The topological polar surface area (TPSA) is 44.1 Å². The predicted molar refractivity (Wildman–Crippen MR) is 71.7 cm³/mol. The minimum atomic E-state index is -0.421. The fourth-order valence-corrected chi connectivity index (χ4v) is 1.95. The summed E-state index contributed by atoms with van der Waals surface area (Å²) in [6, 6.07) is 1.77. The fraction of sp³-hybridized carbons (Fsp3) is 0.714. The van der Waals surface area contributed by atoms with Crippen LogP contribution in [0.5, 0.6) is 0 Å². The normalized spacial score (nSPS) is 13.6. The van der Waals surface area contributed by atoms with E-state index in [0.29, 0.717) is 12.3 Å². The second-order valence-electron chi connectivity index (χ2n) is 5.51. The van der Waals surface area contributed by atoms with Gasteiger partial charge < -0.3 is 4.74 Å². The Kier molecular flexibility index (Phi) is 5.08. The minimum absolute atomic E-state index is 0.0234. The molecule has 0 aliphatic heterocycles. The van der Waals surface area contributed by atoms with Gasteiger partial charge >= 0.3 is 0 Å². The van der Waals surface area contributed by atoms with Crippen molar-refractivity contribution in [2.45, 2.75) is 53.7 Å². The van der Waals surface area contributed by atoms with E-state index in [1.807, 2.05) is 27.7 Å². The Labute approximate surface area is 109 Å². The van der Waals surface area contributed by atoms with E-state index >= 15 is 0 Å². The van der Waals surface area contributed by atoms with Gasteiger partial charge in [0.2, 0.25) is 5.78 Å². The monoisotopic (exact) mass is 252 g/mol. The molecule has 0 aromatic carbocycles. The molecule has 102 valence electrons. The van der Waals surface area contributed by atoms with Crippen LogP contribution in [0.4, 0.5) is 0 Å². The van der Waals surface area contributed by atoms with Gasteiger partial charge in [-0.25, -0.2) is 0 Å². The Bertz CT molecular complexity index is 391. The summed E-state index contributed by atoms with van der Waals surface area (Å²) in [5.41, 5.74) is 0.430. The van der Waals surface area contributed by atoms with Gasteiger partial charge in [-0.05, 0) is 24.8 Å². The SMILES string of the molecule is CCCn1nccc1C(=O)C(OCC)C(C)(C)C. The largest absolute Gasteiger partial charge is 0.370 e. The highest BCUT2D eigenvalue weighted by molar-refractivity contribution is 5.98. The Hall–Kier alpha value is -1.16. The molecule has 1 unspecified atom stereocenters. The molecule has 4 heteroatoms. The molecule has 0 N–H and O–H groups in total. The number of hydrogen-bond donors (Lipinski definition) is 0. The van der Waals surface area contributed by atoms with Crippen LogP contribution in [0.1, 0.15) is 51.5 Å². The first kappa shape index (κ1) is 14.9. The van der Waals surface area contributed by atoms with E-state index in [-0.39, 0.29) is 11.2 Å². The van der Waals surface area contributed by atoms with Crippen LogP contribution in [0.2, 0.25) is 0 Å². The van der Waals surface area contributed by atoms with Crippen LogP contribution in [0.25, 0.3) is 0 Å². The Morgan fingerprint density at radius 3 is 2.61 bits per heavy atom. The molecule has 0 bridgehead atoms. The van der Waals surface area contributed by atoms with Crippen molar-refractivity contribution < 1.29 is 9.53 Å². The zero-order chi connectivity index (χ0) is 13.8. The van der Waals surface area contributed by atoms with Crippen LogP contribution in [-0.2, 0) is 11.3 Å². The van der Waals surface area contributed by atoms with Crippen molar-refractivity contribution in [3.05, 3.63) is 18.0 Å². The molecule has 0 fully saturated rings. The number of ether oxygens (including phenoxy) is 1. The summed E-state index contributed by atoms with van der Waals surface area (Å²) < 4.78 is 7.40. The maximum Gasteiger partial charge on any atom is 0.210 e. The van der Waals surface area contributed by atoms with Gasteiger partial charge in [-0.2, -0.15) is 5.10 Å². The molecule has 1 atom stereocenters. The van der Waals surface area contributed by atoms with Gasteiger partial charge in [-0.3, -0.25) is 9.48 Å². The third-order valence-corrected chi connectivity index (χ3v) is 2.76. The molecule has 0 saturated carbocycles. The Morgan fingerprint density at radius 1 is 1.44 bits per heavy atom. The first-order valence-corrected chi connectivity index (χ1v) is 6.59. The highest BCUT2D eigenvalue weighted by atomic mass is 16.5. The fourth-order valence-electron chi connectivity index (χ4n) is 1.95. The zero-order valence-corrected chi connectivity index (χ0v) is 12.1. The standard InChI is InChI=1S/C14H24N2O2/c1-6-10-16-11(8-9-15-16)12(17)13(18-7-2)14(3,4)5/h8-9,13H,6-7,10H2,1-5H3. The molecular formula is C14H24N2O2. The van der Waals surface area contributed by atoms with Gasteiger partial charge in [0, 0.05) is 19.3 Å². The van der Waals surface area contributed by atoms with Crippen molar-refractivity contribution in [1.29, 1.82) is 0 Å².